The van der Waals surface area contributed by atoms with Crippen molar-refractivity contribution >= 4 is 11.6 Å². The largest absolute Gasteiger partial charge is 0.395 e. The fourth-order valence-corrected chi connectivity index (χ4v) is 1.84. The number of hydrogen-bond donors (Lipinski definition) is 3. The Hall–Kier alpha value is -0.610. The molecule has 0 bridgehead atoms. The van der Waals surface area contributed by atoms with Gasteiger partial charge in [-0.3, -0.25) is 0 Å². The van der Waals surface area contributed by atoms with E-state index in [4.69, 9.17) is 16.7 Å². The van der Waals surface area contributed by atoms with E-state index in [1.165, 1.54) is 0 Å². The molecule has 0 fully saturated rings. The summed E-state index contributed by atoms with van der Waals surface area (Å²) in [5, 5.41) is 23.1. The van der Waals surface area contributed by atoms with E-state index in [1.807, 2.05) is 26.0 Å². The topological polar surface area (TPSA) is 52.5 Å². The third kappa shape index (κ3) is 4.28. The molecule has 0 aromatic heterocycles. The molecule has 0 spiro atoms. The van der Waals surface area contributed by atoms with Gasteiger partial charge in [0.2, 0.25) is 0 Å². The zero-order valence-electron chi connectivity index (χ0n) is 10.2. The molecule has 3 atom stereocenters. The number of hydrogen-bond acceptors (Lipinski definition) is 3. The van der Waals surface area contributed by atoms with Gasteiger partial charge in [0.25, 0.3) is 0 Å². The minimum Gasteiger partial charge on any atom is -0.395 e. The van der Waals surface area contributed by atoms with Crippen molar-refractivity contribution in [2.75, 3.05) is 6.61 Å². The molecule has 0 aliphatic heterocycles. The molecular weight excluding hydrogens is 238 g/mol. The summed E-state index contributed by atoms with van der Waals surface area (Å²) in [5.41, 5.74) is 0.821. The van der Waals surface area contributed by atoms with Crippen LogP contribution in [0.2, 0.25) is 5.02 Å². The Morgan fingerprint density at radius 3 is 2.35 bits per heavy atom. The minimum absolute atomic E-state index is 0.0203. The zero-order chi connectivity index (χ0) is 12.8. The number of rotatable bonds is 6. The van der Waals surface area contributed by atoms with Gasteiger partial charge in [0, 0.05) is 17.1 Å². The normalized spacial score (nSPS) is 16.5. The number of benzene rings is 1. The molecule has 0 aliphatic rings. The SMILES string of the molecule is CCC(CO)NC(C)C(O)c1ccc(Cl)cc1. The quantitative estimate of drug-likeness (QED) is 0.732. The molecule has 0 heterocycles. The lowest BCUT2D eigenvalue weighted by molar-refractivity contribution is 0.118. The molecule has 3 N–H and O–H groups in total. The van der Waals surface area contributed by atoms with Crippen LogP contribution in [-0.2, 0) is 0 Å². The molecule has 0 amide bonds. The summed E-state index contributed by atoms with van der Waals surface area (Å²) in [4.78, 5) is 0. The van der Waals surface area contributed by atoms with Gasteiger partial charge >= 0.3 is 0 Å². The van der Waals surface area contributed by atoms with Gasteiger partial charge in [0.1, 0.15) is 0 Å². The molecule has 3 unspecified atom stereocenters. The second kappa shape index (κ2) is 6.97. The van der Waals surface area contributed by atoms with E-state index < -0.39 is 6.10 Å². The standard InChI is InChI=1S/C13H20ClNO2/c1-3-12(8-16)15-9(2)13(17)10-4-6-11(14)7-5-10/h4-7,9,12-13,15-17H,3,8H2,1-2H3. The second-order valence-corrected chi connectivity index (χ2v) is 4.68. The monoisotopic (exact) mass is 257 g/mol. The van der Waals surface area contributed by atoms with Gasteiger partial charge < -0.3 is 15.5 Å². The third-order valence-electron chi connectivity index (χ3n) is 2.90. The van der Waals surface area contributed by atoms with E-state index in [0.29, 0.717) is 5.02 Å². The highest BCUT2D eigenvalue weighted by Crippen LogP contribution is 2.19. The Morgan fingerprint density at radius 1 is 1.29 bits per heavy atom. The van der Waals surface area contributed by atoms with Gasteiger partial charge in [-0.25, -0.2) is 0 Å². The molecule has 0 saturated heterocycles. The predicted octanol–water partition coefficient (Wildman–Crippen LogP) is 2.12. The van der Waals surface area contributed by atoms with Crippen molar-refractivity contribution in [3.05, 3.63) is 34.9 Å². The van der Waals surface area contributed by atoms with Crippen LogP contribution in [0, 0.1) is 0 Å². The Kier molecular flexibility index (Phi) is 5.92. The van der Waals surface area contributed by atoms with Crippen molar-refractivity contribution in [1.82, 2.24) is 5.32 Å². The lowest BCUT2D eigenvalue weighted by atomic mass is 10.0. The average Bonchev–Trinajstić information content (AvgIpc) is 2.35. The zero-order valence-corrected chi connectivity index (χ0v) is 11.0. The van der Waals surface area contributed by atoms with Gasteiger partial charge in [0.05, 0.1) is 12.7 Å². The molecule has 4 heteroatoms. The second-order valence-electron chi connectivity index (χ2n) is 4.24. The van der Waals surface area contributed by atoms with Crippen LogP contribution in [0.3, 0.4) is 0 Å². The smallest absolute Gasteiger partial charge is 0.0940 e. The van der Waals surface area contributed by atoms with Gasteiger partial charge in [0.15, 0.2) is 0 Å². The molecule has 96 valence electrons. The van der Waals surface area contributed by atoms with Gasteiger partial charge in [-0.2, -0.15) is 0 Å². The summed E-state index contributed by atoms with van der Waals surface area (Å²) in [5.74, 6) is 0. The van der Waals surface area contributed by atoms with Crippen molar-refractivity contribution in [1.29, 1.82) is 0 Å². The van der Waals surface area contributed by atoms with Crippen molar-refractivity contribution in [2.45, 2.75) is 38.5 Å². The van der Waals surface area contributed by atoms with E-state index in [-0.39, 0.29) is 18.7 Å². The number of halogens is 1. The Bertz CT molecular complexity index is 325. The first kappa shape index (κ1) is 14.5. The van der Waals surface area contributed by atoms with Crippen LogP contribution in [0.5, 0.6) is 0 Å². The van der Waals surface area contributed by atoms with Crippen LogP contribution in [0.1, 0.15) is 31.9 Å². The van der Waals surface area contributed by atoms with E-state index in [2.05, 4.69) is 5.32 Å². The first-order valence-corrected chi connectivity index (χ1v) is 6.26. The number of aliphatic hydroxyl groups excluding tert-OH is 2. The lowest BCUT2D eigenvalue weighted by Crippen LogP contribution is -2.41. The van der Waals surface area contributed by atoms with Crippen molar-refractivity contribution < 1.29 is 10.2 Å². The Balaban J connectivity index is 2.62. The summed E-state index contributed by atoms with van der Waals surface area (Å²) in [6, 6.07) is 7.04. The molecule has 3 nitrogen and oxygen atoms in total. The molecule has 0 saturated carbocycles. The van der Waals surface area contributed by atoms with Gasteiger partial charge in [-0.05, 0) is 31.0 Å². The molecule has 1 aromatic rings. The molecule has 0 aliphatic carbocycles. The predicted molar refractivity (Wildman–Crippen MR) is 70.2 cm³/mol. The van der Waals surface area contributed by atoms with Crippen LogP contribution in [-0.4, -0.2) is 28.9 Å². The summed E-state index contributed by atoms with van der Waals surface area (Å²) in [6.07, 6.45) is 0.224. The highest BCUT2D eigenvalue weighted by Gasteiger charge is 2.18. The number of nitrogens with one attached hydrogen (secondary N) is 1. The van der Waals surface area contributed by atoms with Crippen molar-refractivity contribution in [2.24, 2.45) is 0 Å². The van der Waals surface area contributed by atoms with Gasteiger partial charge in [-0.15, -0.1) is 0 Å². The minimum atomic E-state index is -0.604. The fraction of sp³-hybridized carbons (Fsp3) is 0.538. The lowest BCUT2D eigenvalue weighted by Gasteiger charge is -2.25. The van der Waals surface area contributed by atoms with Crippen molar-refractivity contribution in [3.63, 3.8) is 0 Å². The van der Waals surface area contributed by atoms with Gasteiger partial charge in [-0.1, -0.05) is 30.7 Å². The van der Waals surface area contributed by atoms with Crippen LogP contribution in [0.25, 0.3) is 0 Å². The van der Waals surface area contributed by atoms with Crippen LogP contribution >= 0.6 is 11.6 Å². The molecular formula is C13H20ClNO2. The Labute approximate surface area is 107 Å². The van der Waals surface area contributed by atoms with Crippen LogP contribution in [0.4, 0.5) is 0 Å². The molecule has 1 aromatic carbocycles. The maximum atomic E-state index is 10.1. The maximum absolute atomic E-state index is 10.1. The molecule has 17 heavy (non-hydrogen) atoms. The maximum Gasteiger partial charge on any atom is 0.0940 e. The first-order chi connectivity index (χ1) is 8.08. The summed E-state index contributed by atoms with van der Waals surface area (Å²) < 4.78 is 0. The highest BCUT2D eigenvalue weighted by atomic mass is 35.5. The van der Waals surface area contributed by atoms with Crippen LogP contribution in [0.15, 0.2) is 24.3 Å². The highest BCUT2D eigenvalue weighted by molar-refractivity contribution is 6.30. The molecule has 0 radical (unpaired) electrons. The van der Waals surface area contributed by atoms with Crippen LogP contribution < -0.4 is 5.32 Å². The number of aliphatic hydroxyl groups is 2. The van der Waals surface area contributed by atoms with E-state index in [9.17, 15) is 5.11 Å². The molecule has 1 rings (SSSR count). The summed E-state index contributed by atoms with van der Waals surface area (Å²) in [7, 11) is 0. The van der Waals surface area contributed by atoms with E-state index in [0.717, 1.165) is 12.0 Å². The fourth-order valence-electron chi connectivity index (χ4n) is 1.71. The Morgan fingerprint density at radius 2 is 1.88 bits per heavy atom. The summed E-state index contributed by atoms with van der Waals surface area (Å²) >= 11 is 5.79. The third-order valence-corrected chi connectivity index (χ3v) is 3.15. The summed E-state index contributed by atoms with van der Waals surface area (Å²) in [6.45, 7) is 3.97. The van der Waals surface area contributed by atoms with E-state index in [1.54, 1.807) is 12.1 Å². The average molecular weight is 258 g/mol. The first-order valence-electron chi connectivity index (χ1n) is 5.89. The van der Waals surface area contributed by atoms with E-state index >= 15 is 0 Å². The van der Waals surface area contributed by atoms with Crippen molar-refractivity contribution in [3.8, 4) is 0 Å².